The third-order valence-electron chi connectivity index (χ3n) is 4.62. The second-order valence-electron chi connectivity index (χ2n) is 6.09. The molecule has 1 aliphatic heterocycles. The van der Waals surface area contributed by atoms with Crippen LogP contribution in [0.5, 0.6) is 0 Å². The molecule has 2 aliphatic rings. The zero-order valence-electron chi connectivity index (χ0n) is 12.8. The van der Waals surface area contributed by atoms with E-state index in [0.29, 0.717) is 5.57 Å². The van der Waals surface area contributed by atoms with Crippen molar-refractivity contribution in [1.82, 2.24) is 4.98 Å². The Bertz CT molecular complexity index is 911. The van der Waals surface area contributed by atoms with Gasteiger partial charge in [0.2, 0.25) is 0 Å². The molecule has 24 heavy (non-hydrogen) atoms. The van der Waals surface area contributed by atoms with Crippen molar-refractivity contribution < 1.29 is 14.7 Å². The summed E-state index contributed by atoms with van der Waals surface area (Å²) in [6, 6.07) is 5.62. The monoisotopic (exact) mass is 386 g/mol. The van der Waals surface area contributed by atoms with Crippen molar-refractivity contribution in [3.8, 4) is 0 Å². The average molecular weight is 387 g/mol. The van der Waals surface area contributed by atoms with E-state index < -0.39 is 5.97 Å². The predicted molar refractivity (Wildman–Crippen MR) is 95.0 cm³/mol. The number of fused-ring (bicyclic) bond motifs is 2. The topological polar surface area (TPSA) is 82.2 Å². The third-order valence-corrected chi connectivity index (χ3v) is 5.11. The highest BCUT2D eigenvalue weighted by molar-refractivity contribution is 9.10. The van der Waals surface area contributed by atoms with Crippen molar-refractivity contribution in [3.05, 3.63) is 50.8 Å². The molecule has 1 aromatic carbocycles. The number of carboxylic acids is 1. The fourth-order valence-corrected chi connectivity index (χ4v) is 3.88. The van der Waals surface area contributed by atoms with Gasteiger partial charge in [0.25, 0.3) is 5.91 Å². The van der Waals surface area contributed by atoms with Crippen molar-refractivity contribution in [2.45, 2.75) is 25.7 Å². The summed E-state index contributed by atoms with van der Waals surface area (Å²) in [5, 5.41) is 12.3. The highest BCUT2D eigenvalue weighted by atomic mass is 79.9. The maximum atomic E-state index is 12.3. The number of hydrogen-bond acceptors (Lipinski definition) is 2. The van der Waals surface area contributed by atoms with Crippen LogP contribution in [-0.2, 0) is 17.6 Å². The van der Waals surface area contributed by atoms with E-state index in [1.165, 1.54) is 0 Å². The number of anilines is 1. The summed E-state index contributed by atoms with van der Waals surface area (Å²) in [5.74, 6) is -1.11. The Kier molecular flexibility index (Phi) is 3.57. The number of amides is 1. The van der Waals surface area contributed by atoms with Gasteiger partial charge in [-0.3, -0.25) is 4.79 Å². The Hall–Kier alpha value is -2.34. The summed E-state index contributed by atoms with van der Waals surface area (Å²) in [6.45, 7) is 0. The number of halogens is 1. The highest BCUT2D eigenvalue weighted by Gasteiger charge is 2.27. The molecule has 0 fully saturated rings. The quantitative estimate of drug-likeness (QED) is 0.685. The molecule has 0 saturated heterocycles. The Labute approximate surface area is 146 Å². The van der Waals surface area contributed by atoms with E-state index in [4.69, 9.17) is 0 Å². The number of H-pyrrole nitrogens is 1. The summed E-state index contributed by atoms with van der Waals surface area (Å²) in [7, 11) is 0. The van der Waals surface area contributed by atoms with Crippen LogP contribution < -0.4 is 5.32 Å². The van der Waals surface area contributed by atoms with Crippen LogP contribution in [0.3, 0.4) is 0 Å². The first-order valence-corrected chi connectivity index (χ1v) is 8.64. The minimum Gasteiger partial charge on any atom is -0.477 e. The van der Waals surface area contributed by atoms with Gasteiger partial charge < -0.3 is 15.4 Å². The standard InChI is InChI=1S/C18H15BrN2O3/c19-9-5-6-14-12(7-9)13(17(22)21-14)8-15-10-3-1-2-4-11(10)16(20-15)18(23)24/h5-8,20H,1-4H2,(H,21,22)(H,23,24)/b13-8-. The van der Waals surface area contributed by atoms with Crippen LogP contribution in [0.2, 0.25) is 0 Å². The van der Waals surface area contributed by atoms with E-state index in [-0.39, 0.29) is 11.6 Å². The minimum absolute atomic E-state index is 0.167. The molecule has 4 rings (SSSR count). The van der Waals surface area contributed by atoms with E-state index in [1.807, 2.05) is 18.2 Å². The fourth-order valence-electron chi connectivity index (χ4n) is 3.52. The number of aromatic amines is 1. The van der Waals surface area contributed by atoms with E-state index in [1.54, 1.807) is 6.08 Å². The molecule has 6 heteroatoms. The molecule has 0 spiro atoms. The molecule has 0 atom stereocenters. The van der Waals surface area contributed by atoms with E-state index in [9.17, 15) is 14.7 Å². The number of nitrogens with one attached hydrogen (secondary N) is 2. The molecule has 5 nitrogen and oxygen atoms in total. The summed E-state index contributed by atoms with van der Waals surface area (Å²) in [5.41, 5.74) is 5.05. The normalized spacial score (nSPS) is 17.5. The molecule has 2 aromatic rings. The van der Waals surface area contributed by atoms with Gasteiger partial charge in [0.15, 0.2) is 0 Å². The lowest BCUT2D eigenvalue weighted by atomic mass is 9.91. The zero-order chi connectivity index (χ0) is 16.8. The molecule has 0 saturated carbocycles. The molecule has 1 aliphatic carbocycles. The molecular formula is C18H15BrN2O3. The smallest absolute Gasteiger partial charge is 0.352 e. The number of aromatic carboxylic acids is 1. The lowest BCUT2D eigenvalue weighted by Gasteiger charge is -2.12. The van der Waals surface area contributed by atoms with Gasteiger partial charge in [-0.25, -0.2) is 4.79 Å². The van der Waals surface area contributed by atoms with Gasteiger partial charge in [0.05, 0.1) is 5.57 Å². The number of hydrogen-bond donors (Lipinski definition) is 3. The number of aromatic nitrogens is 1. The van der Waals surface area contributed by atoms with Gasteiger partial charge >= 0.3 is 5.97 Å². The van der Waals surface area contributed by atoms with Gasteiger partial charge in [-0.2, -0.15) is 0 Å². The van der Waals surface area contributed by atoms with Crippen LogP contribution in [0.4, 0.5) is 5.69 Å². The maximum Gasteiger partial charge on any atom is 0.352 e. The van der Waals surface area contributed by atoms with Crippen molar-refractivity contribution >= 4 is 45.1 Å². The Balaban J connectivity index is 1.87. The highest BCUT2D eigenvalue weighted by Crippen LogP contribution is 2.36. The van der Waals surface area contributed by atoms with Crippen molar-refractivity contribution in [3.63, 3.8) is 0 Å². The second kappa shape index (κ2) is 5.63. The Morgan fingerprint density at radius 1 is 1.21 bits per heavy atom. The second-order valence-corrected chi connectivity index (χ2v) is 7.00. The van der Waals surface area contributed by atoms with Gasteiger partial charge in [-0.05, 0) is 61.1 Å². The zero-order valence-corrected chi connectivity index (χ0v) is 14.4. The maximum absolute atomic E-state index is 12.3. The molecule has 1 amide bonds. The fraction of sp³-hybridized carbons (Fsp3) is 0.222. The van der Waals surface area contributed by atoms with Crippen molar-refractivity contribution in [2.75, 3.05) is 5.32 Å². The van der Waals surface area contributed by atoms with Crippen molar-refractivity contribution in [1.29, 1.82) is 0 Å². The summed E-state index contributed by atoms with van der Waals surface area (Å²) in [4.78, 5) is 26.8. The molecule has 1 aromatic heterocycles. The van der Waals surface area contributed by atoms with Gasteiger partial charge in [0.1, 0.15) is 5.69 Å². The van der Waals surface area contributed by atoms with Crippen LogP contribution >= 0.6 is 15.9 Å². The van der Waals surface area contributed by atoms with Crippen LogP contribution in [0, 0.1) is 0 Å². The van der Waals surface area contributed by atoms with Crippen molar-refractivity contribution in [2.24, 2.45) is 0 Å². The van der Waals surface area contributed by atoms with E-state index >= 15 is 0 Å². The minimum atomic E-state index is -0.947. The molecule has 122 valence electrons. The summed E-state index contributed by atoms with van der Waals surface area (Å²) >= 11 is 3.43. The van der Waals surface area contributed by atoms with E-state index in [2.05, 4.69) is 26.2 Å². The first-order chi connectivity index (χ1) is 11.5. The van der Waals surface area contributed by atoms with Crippen LogP contribution in [-0.4, -0.2) is 22.0 Å². The van der Waals surface area contributed by atoms with Crippen LogP contribution in [0.25, 0.3) is 11.6 Å². The third kappa shape index (κ3) is 2.38. The summed E-state index contributed by atoms with van der Waals surface area (Å²) in [6.07, 6.45) is 5.42. The van der Waals surface area contributed by atoms with E-state index in [0.717, 1.165) is 58.2 Å². The largest absolute Gasteiger partial charge is 0.477 e. The average Bonchev–Trinajstić information content (AvgIpc) is 3.07. The van der Waals surface area contributed by atoms with Crippen LogP contribution in [0.1, 0.15) is 45.7 Å². The number of carbonyl (C=O) groups is 2. The number of benzene rings is 1. The first-order valence-electron chi connectivity index (χ1n) is 7.84. The first kappa shape index (κ1) is 15.2. The molecule has 2 heterocycles. The number of carboxylic acid groups (broad SMARTS) is 1. The molecule has 3 N–H and O–H groups in total. The molecule has 0 radical (unpaired) electrons. The van der Waals surface area contributed by atoms with Gasteiger partial charge in [-0.1, -0.05) is 15.9 Å². The summed E-state index contributed by atoms with van der Waals surface area (Å²) < 4.78 is 0.892. The predicted octanol–water partition coefficient (Wildman–Crippen LogP) is 3.85. The SMILES string of the molecule is O=C1Nc2ccc(Br)cc2/C1=C/c1[nH]c(C(=O)O)c2c1CCCC2. The molecule has 0 unspecified atom stereocenters. The number of carbonyl (C=O) groups excluding carboxylic acids is 1. The molecule has 0 bridgehead atoms. The number of rotatable bonds is 2. The Morgan fingerprint density at radius 3 is 2.71 bits per heavy atom. The van der Waals surface area contributed by atoms with Crippen LogP contribution in [0.15, 0.2) is 22.7 Å². The molecular weight excluding hydrogens is 372 g/mol. The Morgan fingerprint density at radius 2 is 1.96 bits per heavy atom. The lowest BCUT2D eigenvalue weighted by Crippen LogP contribution is -2.06. The van der Waals surface area contributed by atoms with Gasteiger partial charge in [0, 0.05) is 21.4 Å². The lowest BCUT2D eigenvalue weighted by molar-refractivity contribution is -0.110. The van der Waals surface area contributed by atoms with Gasteiger partial charge in [-0.15, -0.1) is 0 Å².